The molecule has 0 unspecified atom stereocenters. The lowest BCUT2D eigenvalue weighted by molar-refractivity contribution is -0.137. The lowest BCUT2D eigenvalue weighted by atomic mass is 10.3. The van der Waals surface area contributed by atoms with Crippen LogP contribution < -0.4 is 5.73 Å². The molecule has 0 aliphatic rings. The van der Waals surface area contributed by atoms with Crippen molar-refractivity contribution in [1.82, 2.24) is 15.0 Å². The predicted molar refractivity (Wildman–Crippen MR) is 66.5 cm³/mol. The summed E-state index contributed by atoms with van der Waals surface area (Å²) in [5.41, 5.74) is 6.01. The Morgan fingerprint density at radius 2 is 2.05 bits per heavy atom. The highest BCUT2D eigenvalue weighted by Crippen LogP contribution is 2.35. The summed E-state index contributed by atoms with van der Waals surface area (Å²) in [7, 11) is 0. The highest BCUT2D eigenvalue weighted by atomic mass is 32.1. The Labute approximate surface area is 111 Å². The quantitative estimate of drug-likeness (QED) is 0.942. The van der Waals surface area contributed by atoms with Crippen LogP contribution in [0.25, 0.3) is 10.6 Å². The third-order valence-corrected chi connectivity index (χ3v) is 3.33. The van der Waals surface area contributed by atoms with Crippen LogP contribution in [0.1, 0.15) is 24.2 Å². The van der Waals surface area contributed by atoms with Crippen molar-refractivity contribution in [2.45, 2.75) is 25.9 Å². The number of anilines is 1. The Bertz CT molecular complexity index is 580. The van der Waals surface area contributed by atoms with Gasteiger partial charge in [0, 0.05) is 18.7 Å². The topological polar surface area (TPSA) is 64.7 Å². The highest BCUT2D eigenvalue weighted by Gasteiger charge is 2.34. The fourth-order valence-electron chi connectivity index (χ4n) is 1.50. The van der Waals surface area contributed by atoms with Gasteiger partial charge in [-0.1, -0.05) is 6.92 Å². The Balaban J connectivity index is 2.38. The number of thiazole rings is 1. The lowest BCUT2D eigenvalue weighted by Gasteiger charge is -2.03. The first-order valence-electron chi connectivity index (χ1n) is 5.57. The Morgan fingerprint density at radius 3 is 2.63 bits per heavy atom. The third kappa shape index (κ3) is 3.19. The van der Waals surface area contributed by atoms with Crippen LogP contribution in [0.4, 0.5) is 19.0 Å². The third-order valence-electron chi connectivity index (χ3n) is 2.27. The van der Waals surface area contributed by atoms with E-state index in [-0.39, 0.29) is 5.82 Å². The van der Waals surface area contributed by atoms with E-state index >= 15 is 0 Å². The van der Waals surface area contributed by atoms with E-state index in [0.29, 0.717) is 34.2 Å². The van der Waals surface area contributed by atoms with Gasteiger partial charge in [0.25, 0.3) is 0 Å². The van der Waals surface area contributed by atoms with Gasteiger partial charge in [0.15, 0.2) is 5.01 Å². The van der Waals surface area contributed by atoms with Crippen molar-refractivity contribution in [1.29, 1.82) is 0 Å². The van der Waals surface area contributed by atoms with Crippen molar-refractivity contribution >= 4 is 17.2 Å². The second-order valence-electron chi connectivity index (χ2n) is 3.87. The van der Waals surface area contributed by atoms with Crippen LogP contribution in [-0.2, 0) is 12.6 Å². The van der Waals surface area contributed by atoms with E-state index in [9.17, 15) is 13.2 Å². The molecule has 19 heavy (non-hydrogen) atoms. The number of alkyl halides is 3. The molecule has 0 atom stereocenters. The number of halogens is 3. The molecule has 0 bridgehead atoms. The van der Waals surface area contributed by atoms with Crippen molar-refractivity contribution in [3.05, 3.63) is 23.1 Å². The molecule has 0 aliphatic heterocycles. The molecule has 2 rings (SSSR count). The molecule has 0 saturated heterocycles. The Morgan fingerprint density at radius 1 is 1.32 bits per heavy atom. The molecular weight excluding hydrogens is 277 g/mol. The minimum Gasteiger partial charge on any atom is -0.384 e. The van der Waals surface area contributed by atoms with Gasteiger partial charge in [-0.15, -0.1) is 11.3 Å². The van der Waals surface area contributed by atoms with Gasteiger partial charge < -0.3 is 5.73 Å². The molecule has 0 spiro atoms. The Hall–Kier alpha value is -1.70. The summed E-state index contributed by atoms with van der Waals surface area (Å²) >= 11 is 0.546. The van der Waals surface area contributed by atoms with E-state index < -0.39 is 11.2 Å². The molecule has 8 heteroatoms. The smallest absolute Gasteiger partial charge is 0.384 e. The van der Waals surface area contributed by atoms with Crippen LogP contribution in [0.2, 0.25) is 0 Å². The molecule has 102 valence electrons. The van der Waals surface area contributed by atoms with Crippen molar-refractivity contribution in [2.75, 3.05) is 5.73 Å². The van der Waals surface area contributed by atoms with Gasteiger partial charge in [-0.3, -0.25) is 0 Å². The van der Waals surface area contributed by atoms with Crippen LogP contribution in [0.5, 0.6) is 0 Å². The van der Waals surface area contributed by atoms with Gasteiger partial charge in [0.05, 0.1) is 10.6 Å². The minimum absolute atomic E-state index is 0.246. The minimum atomic E-state index is -4.44. The van der Waals surface area contributed by atoms with E-state index in [0.717, 1.165) is 12.6 Å². The number of hydrogen-bond donors (Lipinski definition) is 1. The summed E-state index contributed by atoms with van der Waals surface area (Å²) in [4.78, 5) is 11.9. The number of rotatable bonds is 3. The molecule has 0 amide bonds. The molecule has 2 heterocycles. The van der Waals surface area contributed by atoms with Crippen LogP contribution in [0.3, 0.4) is 0 Å². The maximum Gasteiger partial charge on any atom is 0.443 e. The number of nitrogens with zero attached hydrogens (tertiary/aromatic N) is 3. The molecular formula is C11H11F3N4S. The molecule has 0 aliphatic carbocycles. The average Bonchev–Trinajstić information content (AvgIpc) is 2.77. The van der Waals surface area contributed by atoms with E-state index in [4.69, 9.17) is 5.73 Å². The van der Waals surface area contributed by atoms with Gasteiger partial charge in [-0.25, -0.2) is 15.0 Å². The van der Waals surface area contributed by atoms with Crippen molar-refractivity contribution in [3.8, 4) is 10.6 Å². The molecule has 0 radical (unpaired) electrons. The molecule has 0 saturated carbocycles. The standard InChI is InChI=1S/C11H11F3N4S/c1-2-3-9-17-6(4-8(15)18-9)7-5-16-10(19-7)11(12,13)14/h4-5H,2-3H2,1H3,(H2,15,17,18). The summed E-state index contributed by atoms with van der Waals surface area (Å²) in [6, 6.07) is 1.45. The van der Waals surface area contributed by atoms with Gasteiger partial charge in [-0.05, 0) is 6.42 Å². The first-order valence-corrected chi connectivity index (χ1v) is 6.38. The van der Waals surface area contributed by atoms with Crippen LogP contribution in [0, 0.1) is 0 Å². The van der Waals surface area contributed by atoms with Gasteiger partial charge >= 0.3 is 6.18 Å². The van der Waals surface area contributed by atoms with E-state index in [1.165, 1.54) is 6.07 Å². The zero-order valence-electron chi connectivity index (χ0n) is 10.0. The number of aromatic nitrogens is 3. The second kappa shape index (κ2) is 5.12. The number of nitrogens with two attached hydrogens (primary N) is 1. The maximum atomic E-state index is 12.5. The summed E-state index contributed by atoms with van der Waals surface area (Å²) in [6.07, 6.45) is -1.82. The van der Waals surface area contributed by atoms with Gasteiger partial charge in [0.2, 0.25) is 0 Å². The van der Waals surface area contributed by atoms with Crippen molar-refractivity contribution < 1.29 is 13.2 Å². The van der Waals surface area contributed by atoms with E-state index in [1.807, 2.05) is 6.92 Å². The zero-order valence-corrected chi connectivity index (χ0v) is 10.8. The molecule has 2 aromatic heterocycles. The van der Waals surface area contributed by atoms with Gasteiger partial charge in [-0.2, -0.15) is 13.2 Å². The zero-order chi connectivity index (χ0) is 14.0. The number of aryl methyl sites for hydroxylation is 1. The summed E-state index contributed by atoms with van der Waals surface area (Å²) < 4.78 is 37.5. The molecule has 0 fully saturated rings. The average molecular weight is 288 g/mol. The van der Waals surface area contributed by atoms with E-state index in [2.05, 4.69) is 15.0 Å². The largest absolute Gasteiger partial charge is 0.443 e. The first-order chi connectivity index (χ1) is 8.90. The molecule has 4 nitrogen and oxygen atoms in total. The first kappa shape index (κ1) is 13.7. The predicted octanol–water partition coefficient (Wildman–Crippen LogP) is 3.15. The maximum absolute atomic E-state index is 12.5. The molecule has 0 aromatic carbocycles. The monoisotopic (exact) mass is 288 g/mol. The summed E-state index contributed by atoms with van der Waals surface area (Å²) in [6.45, 7) is 1.96. The lowest BCUT2D eigenvalue weighted by Crippen LogP contribution is -2.02. The number of hydrogen-bond acceptors (Lipinski definition) is 5. The Kier molecular flexibility index (Phi) is 3.70. The SMILES string of the molecule is CCCc1nc(N)cc(-c2cnc(C(F)(F)F)s2)n1. The van der Waals surface area contributed by atoms with Crippen LogP contribution in [0.15, 0.2) is 12.3 Å². The molecule has 2 aromatic rings. The fraction of sp³-hybridized carbons (Fsp3) is 0.364. The highest BCUT2D eigenvalue weighted by molar-refractivity contribution is 7.15. The summed E-state index contributed by atoms with van der Waals surface area (Å²) in [5, 5.41) is -0.892. The molecule has 2 N–H and O–H groups in total. The van der Waals surface area contributed by atoms with Gasteiger partial charge in [0.1, 0.15) is 11.6 Å². The van der Waals surface area contributed by atoms with Crippen LogP contribution in [-0.4, -0.2) is 15.0 Å². The van der Waals surface area contributed by atoms with Crippen molar-refractivity contribution in [2.24, 2.45) is 0 Å². The van der Waals surface area contributed by atoms with E-state index in [1.54, 1.807) is 0 Å². The normalized spacial score (nSPS) is 11.8. The van der Waals surface area contributed by atoms with Crippen molar-refractivity contribution in [3.63, 3.8) is 0 Å². The fourth-order valence-corrected chi connectivity index (χ4v) is 2.25. The number of nitrogen functional groups attached to an aromatic ring is 1. The summed E-state index contributed by atoms with van der Waals surface area (Å²) in [5.74, 6) is 0.773. The van der Waals surface area contributed by atoms with Crippen LogP contribution >= 0.6 is 11.3 Å². The second-order valence-corrected chi connectivity index (χ2v) is 4.90.